The molecule has 0 fully saturated rings. The van der Waals surface area contributed by atoms with Crippen molar-refractivity contribution in [1.29, 1.82) is 0 Å². The Morgan fingerprint density at radius 3 is 2.55 bits per heavy atom. The standard InChI is InChI=1S/C16H9BrClNO/c17-13-8-2-6-11(14(13)18)16(20)12-7-1-4-10-5-3-9-19-15(10)12/h1-9H. The van der Waals surface area contributed by atoms with Crippen molar-refractivity contribution in [3.8, 4) is 0 Å². The Hall–Kier alpha value is -1.71. The van der Waals surface area contributed by atoms with Gasteiger partial charge in [0.25, 0.3) is 0 Å². The van der Waals surface area contributed by atoms with E-state index in [-0.39, 0.29) is 5.78 Å². The minimum atomic E-state index is -0.124. The van der Waals surface area contributed by atoms with E-state index in [1.165, 1.54) is 0 Å². The van der Waals surface area contributed by atoms with E-state index >= 15 is 0 Å². The summed E-state index contributed by atoms with van der Waals surface area (Å²) in [4.78, 5) is 17.0. The molecule has 2 aromatic carbocycles. The molecule has 2 nitrogen and oxygen atoms in total. The molecule has 4 heteroatoms. The number of nitrogens with zero attached hydrogens (tertiary/aromatic N) is 1. The zero-order valence-electron chi connectivity index (χ0n) is 10.3. The van der Waals surface area contributed by atoms with Crippen LogP contribution in [0.15, 0.2) is 59.2 Å². The molecule has 0 aliphatic carbocycles. The zero-order valence-corrected chi connectivity index (χ0v) is 12.6. The first kappa shape index (κ1) is 13.3. The summed E-state index contributed by atoms with van der Waals surface area (Å²) in [7, 11) is 0. The molecule has 0 amide bonds. The average Bonchev–Trinajstić information content (AvgIpc) is 2.49. The fourth-order valence-corrected chi connectivity index (χ4v) is 2.69. The summed E-state index contributed by atoms with van der Waals surface area (Å²) in [5.74, 6) is -0.124. The third-order valence-corrected chi connectivity index (χ3v) is 4.37. The van der Waals surface area contributed by atoms with Crippen molar-refractivity contribution in [2.24, 2.45) is 0 Å². The fourth-order valence-electron chi connectivity index (χ4n) is 2.11. The molecule has 0 saturated heterocycles. The normalized spacial score (nSPS) is 10.7. The van der Waals surface area contributed by atoms with Gasteiger partial charge in [-0.2, -0.15) is 0 Å². The van der Waals surface area contributed by atoms with Crippen LogP contribution in [0.5, 0.6) is 0 Å². The van der Waals surface area contributed by atoms with E-state index in [4.69, 9.17) is 11.6 Å². The second kappa shape index (κ2) is 5.35. The molecular weight excluding hydrogens is 338 g/mol. The van der Waals surface area contributed by atoms with Crippen LogP contribution in [-0.2, 0) is 0 Å². The first-order chi connectivity index (χ1) is 9.68. The van der Waals surface area contributed by atoms with Crippen LogP contribution in [0, 0.1) is 0 Å². The largest absolute Gasteiger partial charge is 0.288 e. The van der Waals surface area contributed by atoms with Gasteiger partial charge in [0, 0.05) is 27.2 Å². The summed E-state index contributed by atoms with van der Waals surface area (Å²) in [6.07, 6.45) is 1.68. The maximum Gasteiger partial charge on any atom is 0.196 e. The number of benzene rings is 2. The van der Waals surface area contributed by atoms with Crippen LogP contribution in [0.2, 0.25) is 5.02 Å². The Morgan fingerprint density at radius 2 is 1.70 bits per heavy atom. The molecule has 0 N–H and O–H groups in total. The number of para-hydroxylation sites is 1. The number of hydrogen-bond acceptors (Lipinski definition) is 2. The maximum absolute atomic E-state index is 12.7. The molecular formula is C16H9BrClNO. The number of fused-ring (bicyclic) bond motifs is 1. The maximum atomic E-state index is 12.7. The summed E-state index contributed by atoms with van der Waals surface area (Å²) < 4.78 is 0.707. The number of ketones is 1. The Labute approximate surface area is 129 Å². The molecule has 98 valence electrons. The third kappa shape index (κ3) is 2.23. The van der Waals surface area contributed by atoms with Crippen molar-refractivity contribution in [2.75, 3.05) is 0 Å². The van der Waals surface area contributed by atoms with Crippen LogP contribution in [0.3, 0.4) is 0 Å². The van der Waals surface area contributed by atoms with E-state index in [2.05, 4.69) is 20.9 Å². The Kier molecular flexibility index (Phi) is 3.55. The van der Waals surface area contributed by atoms with Gasteiger partial charge >= 0.3 is 0 Å². The fraction of sp³-hybridized carbons (Fsp3) is 0. The van der Waals surface area contributed by atoms with Gasteiger partial charge in [0.1, 0.15) is 0 Å². The van der Waals surface area contributed by atoms with E-state index in [1.807, 2.05) is 24.3 Å². The summed E-state index contributed by atoms with van der Waals surface area (Å²) in [5.41, 5.74) is 1.72. The molecule has 1 aromatic heterocycles. The summed E-state index contributed by atoms with van der Waals surface area (Å²) in [5, 5.41) is 1.36. The van der Waals surface area contributed by atoms with E-state index < -0.39 is 0 Å². The van der Waals surface area contributed by atoms with Crippen LogP contribution in [0.1, 0.15) is 15.9 Å². The number of aromatic nitrogens is 1. The highest BCUT2D eigenvalue weighted by Gasteiger charge is 2.17. The predicted molar refractivity (Wildman–Crippen MR) is 84.3 cm³/mol. The monoisotopic (exact) mass is 345 g/mol. The van der Waals surface area contributed by atoms with E-state index in [1.54, 1.807) is 30.5 Å². The molecule has 0 spiro atoms. The summed E-state index contributed by atoms with van der Waals surface area (Å²) in [6.45, 7) is 0. The quantitative estimate of drug-likeness (QED) is 0.619. The van der Waals surface area contributed by atoms with Crippen molar-refractivity contribution in [1.82, 2.24) is 4.98 Å². The Balaban J connectivity index is 2.21. The van der Waals surface area contributed by atoms with Crippen LogP contribution < -0.4 is 0 Å². The van der Waals surface area contributed by atoms with Gasteiger partial charge in [0.05, 0.1) is 10.5 Å². The molecule has 0 aliphatic heterocycles. The molecule has 3 aromatic rings. The van der Waals surface area contributed by atoms with Gasteiger partial charge in [-0.3, -0.25) is 9.78 Å². The lowest BCUT2D eigenvalue weighted by atomic mass is 10.0. The van der Waals surface area contributed by atoms with Gasteiger partial charge in [-0.25, -0.2) is 0 Å². The van der Waals surface area contributed by atoms with Crippen molar-refractivity contribution in [3.05, 3.63) is 75.4 Å². The van der Waals surface area contributed by atoms with Crippen LogP contribution >= 0.6 is 27.5 Å². The van der Waals surface area contributed by atoms with Gasteiger partial charge in [0.15, 0.2) is 5.78 Å². The van der Waals surface area contributed by atoms with E-state index in [9.17, 15) is 4.79 Å². The van der Waals surface area contributed by atoms with Gasteiger partial charge < -0.3 is 0 Å². The highest BCUT2D eigenvalue weighted by molar-refractivity contribution is 9.10. The lowest BCUT2D eigenvalue weighted by molar-refractivity contribution is 0.104. The summed E-state index contributed by atoms with van der Waals surface area (Å²) >= 11 is 9.54. The second-order valence-corrected chi connectivity index (χ2v) is 5.54. The van der Waals surface area contributed by atoms with E-state index in [0.29, 0.717) is 26.1 Å². The van der Waals surface area contributed by atoms with E-state index in [0.717, 1.165) is 5.39 Å². The average molecular weight is 347 g/mol. The lowest BCUT2D eigenvalue weighted by Crippen LogP contribution is -2.04. The van der Waals surface area contributed by atoms with Crippen molar-refractivity contribution < 1.29 is 4.79 Å². The second-order valence-electron chi connectivity index (χ2n) is 4.31. The first-order valence-corrected chi connectivity index (χ1v) is 7.18. The number of carbonyl (C=O) groups excluding carboxylic acids is 1. The molecule has 0 saturated carbocycles. The number of halogens is 2. The number of pyridine rings is 1. The number of carbonyl (C=O) groups is 1. The molecule has 0 bridgehead atoms. The van der Waals surface area contributed by atoms with Gasteiger partial charge in [-0.1, -0.05) is 35.9 Å². The Morgan fingerprint density at radius 1 is 1.00 bits per heavy atom. The number of rotatable bonds is 2. The van der Waals surface area contributed by atoms with Crippen LogP contribution in [-0.4, -0.2) is 10.8 Å². The highest BCUT2D eigenvalue weighted by Crippen LogP contribution is 2.29. The molecule has 3 rings (SSSR count). The van der Waals surface area contributed by atoms with Crippen molar-refractivity contribution >= 4 is 44.2 Å². The zero-order chi connectivity index (χ0) is 14.1. The minimum Gasteiger partial charge on any atom is -0.288 e. The topological polar surface area (TPSA) is 30.0 Å². The molecule has 1 heterocycles. The molecule has 0 radical (unpaired) electrons. The lowest BCUT2D eigenvalue weighted by Gasteiger charge is -2.07. The molecule has 0 atom stereocenters. The summed E-state index contributed by atoms with van der Waals surface area (Å²) in [6, 6.07) is 14.7. The van der Waals surface area contributed by atoms with Crippen molar-refractivity contribution in [3.63, 3.8) is 0 Å². The van der Waals surface area contributed by atoms with Gasteiger partial charge in [-0.15, -0.1) is 0 Å². The SMILES string of the molecule is O=C(c1cccc(Br)c1Cl)c1cccc2cccnc12. The highest BCUT2D eigenvalue weighted by atomic mass is 79.9. The smallest absolute Gasteiger partial charge is 0.196 e. The molecule has 0 aliphatic rings. The predicted octanol–water partition coefficient (Wildman–Crippen LogP) is 4.88. The van der Waals surface area contributed by atoms with Crippen molar-refractivity contribution in [2.45, 2.75) is 0 Å². The van der Waals surface area contributed by atoms with Gasteiger partial charge in [-0.05, 0) is 40.2 Å². The first-order valence-electron chi connectivity index (χ1n) is 6.01. The third-order valence-electron chi connectivity index (χ3n) is 3.07. The van der Waals surface area contributed by atoms with Gasteiger partial charge in [0.2, 0.25) is 0 Å². The molecule has 20 heavy (non-hydrogen) atoms. The Bertz CT molecular complexity index is 811. The molecule has 0 unspecified atom stereocenters. The van der Waals surface area contributed by atoms with Crippen LogP contribution in [0.25, 0.3) is 10.9 Å². The minimum absolute atomic E-state index is 0.124. The van der Waals surface area contributed by atoms with Crippen LogP contribution in [0.4, 0.5) is 0 Å². The number of hydrogen-bond donors (Lipinski definition) is 0.